The monoisotopic (exact) mass is 273 g/mol. The van der Waals surface area contributed by atoms with E-state index in [0.717, 1.165) is 0 Å². The third-order valence-corrected chi connectivity index (χ3v) is 2.50. The Morgan fingerprint density at radius 1 is 1.47 bits per heavy atom. The number of hydrogen-bond acceptors (Lipinski definition) is 5. The van der Waals surface area contributed by atoms with Crippen molar-refractivity contribution < 1.29 is 19.2 Å². The van der Waals surface area contributed by atoms with Gasteiger partial charge in [0.2, 0.25) is 12.5 Å². The molecule has 15 heavy (non-hydrogen) atoms. The Bertz CT molecular complexity index is 459. The summed E-state index contributed by atoms with van der Waals surface area (Å²) in [5, 5.41) is 10.7. The fourth-order valence-corrected chi connectivity index (χ4v) is 1.85. The van der Waals surface area contributed by atoms with Gasteiger partial charge < -0.3 is 9.47 Å². The summed E-state index contributed by atoms with van der Waals surface area (Å²) in [6.07, 6.45) is 0.408. The van der Waals surface area contributed by atoms with Gasteiger partial charge in [-0.3, -0.25) is 14.9 Å². The van der Waals surface area contributed by atoms with Gasteiger partial charge in [0.05, 0.1) is 15.0 Å². The number of ether oxygens (including phenoxy) is 2. The molecular formula is C8H4BrNO5. The van der Waals surface area contributed by atoms with E-state index in [9.17, 15) is 14.9 Å². The van der Waals surface area contributed by atoms with E-state index in [1.165, 1.54) is 6.07 Å². The molecule has 0 spiro atoms. The van der Waals surface area contributed by atoms with Crippen molar-refractivity contribution >= 4 is 27.9 Å². The lowest BCUT2D eigenvalue weighted by molar-refractivity contribution is -0.385. The second kappa shape index (κ2) is 3.50. The van der Waals surface area contributed by atoms with E-state index in [0.29, 0.717) is 10.8 Å². The molecule has 0 aromatic heterocycles. The fourth-order valence-electron chi connectivity index (χ4n) is 1.31. The van der Waals surface area contributed by atoms with Gasteiger partial charge in [0, 0.05) is 0 Å². The van der Waals surface area contributed by atoms with Crippen LogP contribution >= 0.6 is 15.9 Å². The van der Waals surface area contributed by atoms with E-state index >= 15 is 0 Å². The molecule has 0 N–H and O–H groups in total. The number of nitro groups is 1. The van der Waals surface area contributed by atoms with Gasteiger partial charge in [0.25, 0.3) is 0 Å². The quantitative estimate of drug-likeness (QED) is 0.467. The zero-order chi connectivity index (χ0) is 11.0. The molecule has 2 rings (SSSR count). The van der Waals surface area contributed by atoms with Crippen molar-refractivity contribution in [2.45, 2.75) is 0 Å². The summed E-state index contributed by atoms with van der Waals surface area (Å²) in [6.45, 7) is -0.0862. The van der Waals surface area contributed by atoms with E-state index in [1.807, 2.05) is 0 Å². The highest BCUT2D eigenvalue weighted by molar-refractivity contribution is 9.10. The Hall–Kier alpha value is -1.63. The van der Waals surface area contributed by atoms with Crippen molar-refractivity contribution in [2.75, 3.05) is 6.79 Å². The first-order valence-electron chi connectivity index (χ1n) is 3.87. The first-order chi connectivity index (χ1) is 7.15. The number of nitro benzene ring substituents is 1. The molecular weight excluding hydrogens is 270 g/mol. The number of fused-ring (bicyclic) bond motifs is 1. The maximum atomic E-state index is 10.7. The molecule has 0 atom stereocenters. The maximum Gasteiger partial charge on any atom is 0.325 e. The van der Waals surface area contributed by atoms with Gasteiger partial charge in [0.15, 0.2) is 12.0 Å². The molecule has 1 aliphatic heterocycles. The van der Waals surface area contributed by atoms with Gasteiger partial charge in [-0.15, -0.1) is 0 Å². The summed E-state index contributed by atoms with van der Waals surface area (Å²) in [4.78, 5) is 20.7. The van der Waals surface area contributed by atoms with Crippen molar-refractivity contribution in [1.29, 1.82) is 0 Å². The molecule has 1 heterocycles. The number of aldehydes is 1. The van der Waals surface area contributed by atoms with Crippen LogP contribution in [-0.2, 0) is 0 Å². The average Bonchev–Trinajstić information content (AvgIpc) is 2.65. The third kappa shape index (κ3) is 1.44. The summed E-state index contributed by atoms with van der Waals surface area (Å²) >= 11 is 3.14. The Morgan fingerprint density at radius 2 is 2.13 bits per heavy atom. The van der Waals surface area contributed by atoms with Crippen molar-refractivity contribution in [3.8, 4) is 11.5 Å². The van der Waals surface area contributed by atoms with Crippen LogP contribution in [0.15, 0.2) is 10.5 Å². The Kier molecular flexibility index (Phi) is 2.31. The van der Waals surface area contributed by atoms with Gasteiger partial charge >= 0.3 is 5.69 Å². The van der Waals surface area contributed by atoms with Gasteiger partial charge in [0.1, 0.15) is 0 Å². The first-order valence-corrected chi connectivity index (χ1v) is 4.66. The van der Waals surface area contributed by atoms with Crippen molar-refractivity contribution in [3.63, 3.8) is 0 Å². The van der Waals surface area contributed by atoms with Crippen molar-refractivity contribution in [1.82, 2.24) is 0 Å². The Balaban J connectivity index is 2.75. The lowest BCUT2D eigenvalue weighted by Crippen LogP contribution is -1.97. The maximum absolute atomic E-state index is 10.7. The summed E-state index contributed by atoms with van der Waals surface area (Å²) in [6, 6.07) is 1.33. The molecule has 0 saturated heterocycles. The predicted octanol–water partition coefficient (Wildman–Crippen LogP) is 1.90. The topological polar surface area (TPSA) is 78.7 Å². The molecule has 1 aliphatic rings. The summed E-state index contributed by atoms with van der Waals surface area (Å²) in [7, 11) is 0. The Morgan fingerprint density at radius 3 is 2.73 bits per heavy atom. The largest absolute Gasteiger partial charge is 0.452 e. The number of carbonyl (C=O) groups excluding carboxylic acids is 1. The molecule has 1 aromatic rings. The highest BCUT2D eigenvalue weighted by Gasteiger charge is 2.31. The van der Waals surface area contributed by atoms with E-state index < -0.39 is 4.92 Å². The van der Waals surface area contributed by atoms with Crippen LogP contribution in [0.2, 0.25) is 0 Å². The number of halogens is 1. The lowest BCUT2D eigenvalue weighted by atomic mass is 10.1. The molecule has 7 heteroatoms. The van der Waals surface area contributed by atoms with Crippen LogP contribution in [0.3, 0.4) is 0 Å². The van der Waals surface area contributed by atoms with Gasteiger partial charge in [-0.1, -0.05) is 0 Å². The molecule has 0 radical (unpaired) electrons. The normalized spacial score (nSPS) is 12.6. The van der Waals surface area contributed by atoms with Gasteiger partial charge in [-0.25, -0.2) is 0 Å². The standard InChI is InChI=1S/C8H4BrNO5/c9-5-1-4(2-11)6(10(12)13)8-7(5)14-3-15-8/h1-2H,3H2. The highest BCUT2D eigenvalue weighted by Crippen LogP contribution is 2.47. The SMILES string of the molecule is O=Cc1cc(Br)c2c(c1[N+](=O)[O-])OCO2. The second-order valence-corrected chi connectivity index (χ2v) is 3.59. The fraction of sp³-hybridized carbons (Fsp3) is 0.125. The molecule has 0 amide bonds. The Labute approximate surface area is 92.1 Å². The van der Waals surface area contributed by atoms with Crippen LogP contribution in [0, 0.1) is 10.1 Å². The number of benzene rings is 1. The second-order valence-electron chi connectivity index (χ2n) is 2.74. The number of nitrogens with zero attached hydrogens (tertiary/aromatic N) is 1. The zero-order valence-corrected chi connectivity index (χ0v) is 8.81. The first kappa shape index (κ1) is 9.91. The van der Waals surface area contributed by atoms with Crippen molar-refractivity contribution in [2.24, 2.45) is 0 Å². The number of carbonyl (C=O) groups is 1. The van der Waals surface area contributed by atoms with Crippen LogP contribution in [0.4, 0.5) is 5.69 Å². The smallest absolute Gasteiger partial charge is 0.325 e. The van der Waals surface area contributed by atoms with Crippen LogP contribution in [0.1, 0.15) is 10.4 Å². The number of hydrogen-bond donors (Lipinski definition) is 0. The molecule has 0 bridgehead atoms. The zero-order valence-electron chi connectivity index (χ0n) is 7.23. The third-order valence-electron chi connectivity index (χ3n) is 1.91. The summed E-state index contributed by atoms with van der Waals surface area (Å²) in [5.41, 5.74) is -0.406. The van der Waals surface area contributed by atoms with Crippen LogP contribution in [-0.4, -0.2) is 18.0 Å². The minimum atomic E-state index is -0.663. The highest BCUT2D eigenvalue weighted by atomic mass is 79.9. The predicted molar refractivity (Wildman–Crippen MR) is 52.3 cm³/mol. The van der Waals surface area contributed by atoms with E-state index in [4.69, 9.17) is 9.47 Å². The van der Waals surface area contributed by atoms with Gasteiger partial charge in [-0.05, 0) is 22.0 Å². The summed E-state index contributed by atoms with van der Waals surface area (Å²) in [5.74, 6) is 0.253. The lowest BCUT2D eigenvalue weighted by Gasteiger charge is -2.02. The minimum Gasteiger partial charge on any atom is -0.452 e. The average molecular weight is 274 g/mol. The molecule has 0 fully saturated rings. The van der Waals surface area contributed by atoms with E-state index in [1.54, 1.807) is 0 Å². The molecule has 78 valence electrons. The molecule has 6 nitrogen and oxygen atoms in total. The van der Waals surface area contributed by atoms with Gasteiger partial charge in [-0.2, -0.15) is 0 Å². The molecule has 1 aromatic carbocycles. The van der Waals surface area contributed by atoms with E-state index in [2.05, 4.69) is 15.9 Å². The molecule has 0 unspecified atom stereocenters. The number of rotatable bonds is 2. The van der Waals surface area contributed by atoms with Crippen LogP contribution < -0.4 is 9.47 Å². The minimum absolute atomic E-state index is 0.00326. The summed E-state index contributed by atoms with van der Waals surface area (Å²) < 4.78 is 10.5. The van der Waals surface area contributed by atoms with Crippen LogP contribution in [0.5, 0.6) is 11.5 Å². The molecule has 0 saturated carbocycles. The van der Waals surface area contributed by atoms with Crippen LogP contribution in [0.25, 0.3) is 0 Å². The molecule has 0 aliphatic carbocycles. The van der Waals surface area contributed by atoms with E-state index in [-0.39, 0.29) is 29.5 Å². The van der Waals surface area contributed by atoms with Crippen molar-refractivity contribution in [3.05, 3.63) is 26.2 Å².